The Kier molecular flexibility index (Phi) is 3.19. The molecule has 2 aliphatic rings. The van der Waals surface area contributed by atoms with Gasteiger partial charge in [0.25, 0.3) is 0 Å². The predicted octanol–water partition coefficient (Wildman–Crippen LogP) is 2.60. The highest BCUT2D eigenvalue weighted by atomic mass is 16.1. The minimum atomic E-state index is -0.0658. The SMILES string of the molecule is Cc1cccc2c1N/C(=C\C(=O)c1cccnc1)N1CCN=C21. The van der Waals surface area contributed by atoms with E-state index in [0.29, 0.717) is 5.56 Å². The molecule has 0 aliphatic carbocycles. The van der Waals surface area contributed by atoms with Crippen LogP contribution in [-0.4, -0.2) is 34.6 Å². The van der Waals surface area contributed by atoms with Crippen molar-refractivity contribution in [3.63, 3.8) is 0 Å². The van der Waals surface area contributed by atoms with E-state index in [1.54, 1.807) is 30.6 Å². The zero-order valence-electron chi connectivity index (χ0n) is 12.8. The molecule has 3 heterocycles. The molecule has 5 heteroatoms. The van der Waals surface area contributed by atoms with Crippen molar-refractivity contribution in [1.82, 2.24) is 9.88 Å². The van der Waals surface area contributed by atoms with Crippen molar-refractivity contribution in [3.05, 3.63) is 71.3 Å². The number of carbonyl (C=O) groups is 1. The van der Waals surface area contributed by atoms with E-state index in [1.807, 2.05) is 6.07 Å². The topological polar surface area (TPSA) is 57.6 Å². The molecule has 1 aromatic heterocycles. The number of rotatable bonds is 2. The van der Waals surface area contributed by atoms with Gasteiger partial charge in [0.1, 0.15) is 11.7 Å². The normalized spacial score (nSPS) is 17.3. The maximum atomic E-state index is 12.5. The van der Waals surface area contributed by atoms with Crippen LogP contribution in [0.25, 0.3) is 0 Å². The van der Waals surface area contributed by atoms with E-state index < -0.39 is 0 Å². The van der Waals surface area contributed by atoms with E-state index in [-0.39, 0.29) is 5.78 Å². The third-order valence-corrected chi connectivity index (χ3v) is 4.11. The Hall–Kier alpha value is -2.95. The Bertz CT molecular complexity index is 839. The van der Waals surface area contributed by atoms with Gasteiger partial charge < -0.3 is 10.2 Å². The fraction of sp³-hybridized carbons (Fsp3) is 0.167. The van der Waals surface area contributed by atoms with E-state index in [0.717, 1.165) is 41.6 Å². The van der Waals surface area contributed by atoms with Crippen LogP contribution in [-0.2, 0) is 0 Å². The summed E-state index contributed by atoms with van der Waals surface area (Å²) in [7, 11) is 0. The number of ketones is 1. The molecule has 23 heavy (non-hydrogen) atoms. The smallest absolute Gasteiger partial charge is 0.191 e. The molecule has 0 unspecified atom stereocenters. The molecule has 0 bridgehead atoms. The first kappa shape index (κ1) is 13.7. The number of allylic oxidation sites excluding steroid dienone is 1. The lowest BCUT2D eigenvalue weighted by molar-refractivity contribution is 0.104. The van der Waals surface area contributed by atoms with E-state index >= 15 is 0 Å². The number of hydrogen-bond donors (Lipinski definition) is 1. The van der Waals surface area contributed by atoms with Gasteiger partial charge in [-0.05, 0) is 30.7 Å². The van der Waals surface area contributed by atoms with Gasteiger partial charge in [0.05, 0.1) is 12.2 Å². The number of aromatic nitrogens is 1. The number of nitrogens with one attached hydrogen (secondary N) is 1. The third-order valence-electron chi connectivity index (χ3n) is 4.11. The summed E-state index contributed by atoms with van der Waals surface area (Å²) >= 11 is 0. The van der Waals surface area contributed by atoms with E-state index in [9.17, 15) is 4.79 Å². The summed E-state index contributed by atoms with van der Waals surface area (Å²) in [5.74, 6) is 1.65. The van der Waals surface area contributed by atoms with Crippen molar-refractivity contribution >= 4 is 17.3 Å². The Morgan fingerprint density at radius 2 is 2.22 bits per heavy atom. The number of fused-ring (bicyclic) bond motifs is 3. The average molecular weight is 304 g/mol. The van der Waals surface area contributed by atoms with Gasteiger partial charge in [0.15, 0.2) is 5.78 Å². The first-order valence-corrected chi connectivity index (χ1v) is 7.59. The highest BCUT2D eigenvalue weighted by Gasteiger charge is 2.30. The number of carbonyl (C=O) groups excluding carboxylic acids is 1. The van der Waals surface area contributed by atoms with Crippen LogP contribution in [0.5, 0.6) is 0 Å². The Morgan fingerprint density at radius 3 is 3.04 bits per heavy atom. The van der Waals surface area contributed by atoms with Crippen LogP contribution in [0.4, 0.5) is 5.69 Å². The quantitative estimate of drug-likeness (QED) is 0.684. The highest BCUT2D eigenvalue weighted by molar-refractivity contribution is 6.10. The van der Waals surface area contributed by atoms with Gasteiger partial charge in [-0.3, -0.25) is 14.8 Å². The molecule has 0 saturated carbocycles. The van der Waals surface area contributed by atoms with Gasteiger partial charge in [-0.1, -0.05) is 12.1 Å². The molecule has 0 amide bonds. The molecule has 0 fully saturated rings. The Balaban J connectivity index is 1.76. The summed E-state index contributed by atoms with van der Waals surface area (Å²) < 4.78 is 0. The number of benzene rings is 1. The van der Waals surface area contributed by atoms with Crippen molar-refractivity contribution < 1.29 is 4.79 Å². The average Bonchev–Trinajstić information content (AvgIpc) is 3.07. The van der Waals surface area contributed by atoms with Gasteiger partial charge in [0, 0.05) is 36.1 Å². The van der Waals surface area contributed by atoms with Crippen LogP contribution < -0.4 is 5.32 Å². The number of aliphatic imine (C=N–C) groups is 1. The maximum absolute atomic E-state index is 12.5. The van der Waals surface area contributed by atoms with Crippen molar-refractivity contribution in [2.45, 2.75) is 6.92 Å². The second kappa shape index (κ2) is 5.35. The zero-order valence-corrected chi connectivity index (χ0v) is 12.8. The first-order valence-electron chi connectivity index (χ1n) is 7.59. The van der Waals surface area contributed by atoms with Crippen LogP contribution in [0.1, 0.15) is 21.5 Å². The zero-order chi connectivity index (χ0) is 15.8. The molecular formula is C18H16N4O. The van der Waals surface area contributed by atoms with Crippen molar-refractivity contribution in [1.29, 1.82) is 0 Å². The second-order valence-corrected chi connectivity index (χ2v) is 5.61. The predicted molar refractivity (Wildman–Crippen MR) is 89.6 cm³/mol. The van der Waals surface area contributed by atoms with Crippen molar-refractivity contribution in [3.8, 4) is 0 Å². The number of nitrogens with zero attached hydrogens (tertiary/aromatic N) is 3. The number of amidine groups is 1. The number of aryl methyl sites for hydroxylation is 1. The fourth-order valence-corrected chi connectivity index (χ4v) is 2.96. The molecule has 0 spiro atoms. The molecule has 0 atom stereocenters. The van der Waals surface area contributed by atoms with Crippen molar-refractivity contribution in [2.75, 3.05) is 18.4 Å². The molecule has 4 rings (SSSR count). The van der Waals surface area contributed by atoms with Crippen LogP contribution in [0.15, 0.2) is 59.6 Å². The molecule has 1 N–H and O–H groups in total. The molecule has 2 aromatic rings. The third kappa shape index (κ3) is 2.30. The summed E-state index contributed by atoms with van der Waals surface area (Å²) in [4.78, 5) is 23.2. The molecule has 114 valence electrons. The number of para-hydroxylation sites is 1. The lowest BCUT2D eigenvalue weighted by Crippen LogP contribution is -2.36. The van der Waals surface area contributed by atoms with E-state index in [2.05, 4.69) is 39.2 Å². The fourth-order valence-electron chi connectivity index (χ4n) is 2.96. The summed E-state index contributed by atoms with van der Waals surface area (Å²) in [6.45, 7) is 3.57. The lowest BCUT2D eigenvalue weighted by Gasteiger charge is -2.32. The Morgan fingerprint density at radius 1 is 1.30 bits per heavy atom. The number of pyridine rings is 1. The monoisotopic (exact) mass is 304 g/mol. The molecule has 0 radical (unpaired) electrons. The van der Waals surface area contributed by atoms with Gasteiger partial charge in [-0.15, -0.1) is 0 Å². The first-order chi connectivity index (χ1) is 11.2. The van der Waals surface area contributed by atoms with Crippen LogP contribution in [0, 0.1) is 6.92 Å². The van der Waals surface area contributed by atoms with Crippen LogP contribution >= 0.6 is 0 Å². The summed E-state index contributed by atoms with van der Waals surface area (Å²) in [5.41, 5.74) is 3.83. The number of hydrogen-bond acceptors (Lipinski definition) is 5. The van der Waals surface area contributed by atoms with Gasteiger partial charge in [0.2, 0.25) is 0 Å². The van der Waals surface area contributed by atoms with Crippen LogP contribution in [0.2, 0.25) is 0 Å². The molecule has 5 nitrogen and oxygen atoms in total. The van der Waals surface area contributed by atoms with Gasteiger partial charge >= 0.3 is 0 Å². The van der Waals surface area contributed by atoms with Crippen molar-refractivity contribution in [2.24, 2.45) is 4.99 Å². The van der Waals surface area contributed by atoms with Gasteiger partial charge in [-0.25, -0.2) is 0 Å². The summed E-state index contributed by atoms with van der Waals surface area (Å²) in [6.07, 6.45) is 4.88. The summed E-state index contributed by atoms with van der Waals surface area (Å²) in [5, 5.41) is 3.40. The Labute approximate surface area is 134 Å². The summed E-state index contributed by atoms with van der Waals surface area (Å²) in [6, 6.07) is 9.68. The van der Waals surface area contributed by atoms with E-state index in [1.165, 1.54) is 0 Å². The van der Waals surface area contributed by atoms with E-state index in [4.69, 9.17) is 0 Å². The largest absolute Gasteiger partial charge is 0.341 e. The van der Waals surface area contributed by atoms with Gasteiger partial charge in [-0.2, -0.15) is 0 Å². The standard InChI is InChI=1S/C18H16N4O/c1-12-4-2-6-14-17(12)21-16(22-9-8-20-18(14)22)10-15(23)13-5-3-7-19-11-13/h2-7,10-11,21H,8-9H2,1H3/b16-10+. The molecule has 1 aromatic carbocycles. The minimum Gasteiger partial charge on any atom is -0.341 e. The maximum Gasteiger partial charge on any atom is 0.191 e. The second-order valence-electron chi connectivity index (χ2n) is 5.61. The molecule has 0 saturated heterocycles. The number of anilines is 1. The molecular weight excluding hydrogens is 288 g/mol. The highest BCUT2D eigenvalue weighted by Crippen LogP contribution is 2.32. The molecule has 2 aliphatic heterocycles. The minimum absolute atomic E-state index is 0.0658. The lowest BCUT2D eigenvalue weighted by atomic mass is 10.0. The van der Waals surface area contributed by atoms with Crippen LogP contribution in [0.3, 0.4) is 0 Å².